The van der Waals surface area contributed by atoms with Crippen LogP contribution in [0.15, 0.2) is 48.5 Å². The van der Waals surface area contributed by atoms with Crippen molar-refractivity contribution in [2.75, 3.05) is 7.11 Å². The Labute approximate surface area is 138 Å². The van der Waals surface area contributed by atoms with Crippen LogP contribution in [0.2, 0.25) is 5.02 Å². The molecule has 120 valence electrons. The standard InChI is InChI=1S/C17H16ClNO4/c1-23-14-8-4-12(5-9-14)16(20)19-15(17(21)22)10-11-2-6-13(18)7-3-11/h2-9,15H,10H2,1H3,(H,19,20)(H,21,22). The van der Waals surface area contributed by atoms with Crippen molar-refractivity contribution in [1.29, 1.82) is 0 Å². The van der Waals surface area contributed by atoms with Crippen molar-refractivity contribution in [2.24, 2.45) is 0 Å². The summed E-state index contributed by atoms with van der Waals surface area (Å²) in [5, 5.41) is 12.4. The Morgan fingerprint density at radius 3 is 2.26 bits per heavy atom. The van der Waals surface area contributed by atoms with E-state index in [2.05, 4.69) is 5.32 Å². The van der Waals surface area contributed by atoms with Crippen LogP contribution in [0.1, 0.15) is 15.9 Å². The number of methoxy groups -OCH3 is 1. The Balaban J connectivity index is 2.07. The lowest BCUT2D eigenvalue weighted by Crippen LogP contribution is -2.42. The van der Waals surface area contributed by atoms with Crippen molar-refractivity contribution in [3.63, 3.8) is 0 Å². The molecule has 0 radical (unpaired) electrons. The number of benzene rings is 2. The average Bonchev–Trinajstić information content (AvgIpc) is 2.56. The summed E-state index contributed by atoms with van der Waals surface area (Å²) in [7, 11) is 1.53. The molecule has 1 unspecified atom stereocenters. The van der Waals surface area contributed by atoms with Gasteiger partial charge in [-0.15, -0.1) is 0 Å². The summed E-state index contributed by atoms with van der Waals surface area (Å²) in [4.78, 5) is 23.5. The number of halogens is 1. The molecule has 0 saturated heterocycles. The minimum Gasteiger partial charge on any atom is -0.497 e. The minimum atomic E-state index is -1.10. The molecule has 2 aromatic carbocycles. The Morgan fingerprint density at radius 2 is 1.74 bits per heavy atom. The molecule has 1 atom stereocenters. The van der Waals surface area contributed by atoms with Crippen molar-refractivity contribution < 1.29 is 19.4 Å². The van der Waals surface area contributed by atoms with Crippen LogP contribution in [0.4, 0.5) is 0 Å². The zero-order valence-corrected chi connectivity index (χ0v) is 13.2. The molecule has 0 bridgehead atoms. The van der Waals surface area contributed by atoms with Gasteiger partial charge in [-0.2, -0.15) is 0 Å². The van der Waals surface area contributed by atoms with Crippen LogP contribution < -0.4 is 10.1 Å². The van der Waals surface area contributed by atoms with E-state index in [9.17, 15) is 14.7 Å². The molecule has 0 aliphatic rings. The highest BCUT2D eigenvalue weighted by atomic mass is 35.5. The van der Waals surface area contributed by atoms with Crippen LogP contribution >= 0.6 is 11.6 Å². The van der Waals surface area contributed by atoms with E-state index in [1.165, 1.54) is 7.11 Å². The fraction of sp³-hybridized carbons (Fsp3) is 0.176. The van der Waals surface area contributed by atoms with Gasteiger partial charge in [-0.1, -0.05) is 23.7 Å². The first kappa shape index (κ1) is 16.8. The van der Waals surface area contributed by atoms with Crippen LogP contribution in [0.5, 0.6) is 5.75 Å². The fourth-order valence-electron chi connectivity index (χ4n) is 2.04. The summed E-state index contributed by atoms with van der Waals surface area (Å²) in [5.41, 5.74) is 1.14. The van der Waals surface area contributed by atoms with Gasteiger partial charge in [0.15, 0.2) is 0 Å². The van der Waals surface area contributed by atoms with Gasteiger partial charge in [0.05, 0.1) is 7.11 Å². The number of hydrogen-bond donors (Lipinski definition) is 2. The zero-order valence-electron chi connectivity index (χ0n) is 12.5. The summed E-state index contributed by atoms with van der Waals surface area (Å²) in [6.45, 7) is 0. The topological polar surface area (TPSA) is 75.6 Å². The lowest BCUT2D eigenvalue weighted by molar-refractivity contribution is -0.139. The van der Waals surface area contributed by atoms with Crippen LogP contribution in [-0.4, -0.2) is 30.1 Å². The summed E-state index contributed by atoms with van der Waals surface area (Å²) in [6, 6.07) is 12.3. The third-order valence-electron chi connectivity index (χ3n) is 3.31. The van der Waals surface area contributed by atoms with Crippen molar-refractivity contribution in [1.82, 2.24) is 5.32 Å². The van der Waals surface area contributed by atoms with E-state index in [4.69, 9.17) is 16.3 Å². The first-order chi connectivity index (χ1) is 11.0. The molecule has 0 saturated carbocycles. The van der Waals surface area contributed by atoms with Crippen molar-refractivity contribution >= 4 is 23.5 Å². The van der Waals surface area contributed by atoms with Gasteiger partial charge in [-0.05, 0) is 42.0 Å². The predicted molar refractivity (Wildman–Crippen MR) is 87.0 cm³/mol. The van der Waals surface area contributed by atoms with Gasteiger partial charge in [-0.25, -0.2) is 4.79 Å². The highest BCUT2D eigenvalue weighted by molar-refractivity contribution is 6.30. The molecular weight excluding hydrogens is 318 g/mol. The highest BCUT2D eigenvalue weighted by Crippen LogP contribution is 2.13. The summed E-state index contributed by atoms with van der Waals surface area (Å²) < 4.78 is 5.02. The zero-order chi connectivity index (χ0) is 16.8. The first-order valence-electron chi connectivity index (χ1n) is 6.92. The Kier molecular flexibility index (Phi) is 5.60. The van der Waals surface area contributed by atoms with Crippen LogP contribution in [0.25, 0.3) is 0 Å². The molecule has 2 aromatic rings. The SMILES string of the molecule is COc1ccc(C(=O)NC(Cc2ccc(Cl)cc2)C(=O)O)cc1. The maximum absolute atomic E-state index is 12.2. The number of rotatable bonds is 6. The molecule has 2 rings (SSSR count). The van der Waals surface area contributed by atoms with Gasteiger partial charge in [0, 0.05) is 17.0 Å². The molecule has 6 heteroatoms. The molecule has 0 aliphatic heterocycles. The van der Waals surface area contributed by atoms with E-state index in [0.29, 0.717) is 16.3 Å². The van der Waals surface area contributed by atoms with E-state index in [-0.39, 0.29) is 6.42 Å². The van der Waals surface area contributed by atoms with Crippen LogP contribution in [0, 0.1) is 0 Å². The first-order valence-corrected chi connectivity index (χ1v) is 7.29. The Morgan fingerprint density at radius 1 is 1.13 bits per heavy atom. The van der Waals surface area contributed by atoms with E-state index in [0.717, 1.165) is 5.56 Å². The predicted octanol–water partition coefficient (Wildman–Crippen LogP) is 2.77. The largest absolute Gasteiger partial charge is 0.497 e. The summed E-state index contributed by atoms with van der Waals surface area (Å²) in [6.07, 6.45) is 0.175. The maximum Gasteiger partial charge on any atom is 0.326 e. The smallest absolute Gasteiger partial charge is 0.326 e. The number of aliphatic carboxylic acids is 1. The molecule has 0 aromatic heterocycles. The highest BCUT2D eigenvalue weighted by Gasteiger charge is 2.21. The van der Waals surface area contributed by atoms with Crippen LogP contribution in [0.3, 0.4) is 0 Å². The van der Waals surface area contributed by atoms with E-state index < -0.39 is 17.9 Å². The molecule has 0 fully saturated rings. The second-order valence-corrected chi connectivity index (χ2v) is 5.36. The lowest BCUT2D eigenvalue weighted by atomic mass is 10.1. The molecule has 0 aliphatic carbocycles. The molecule has 0 spiro atoms. The summed E-state index contributed by atoms with van der Waals surface area (Å²) >= 11 is 5.80. The van der Waals surface area contributed by atoms with E-state index >= 15 is 0 Å². The number of amides is 1. The van der Waals surface area contributed by atoms with E-state index in [1.54, 1.807) is 48.5 Å². The van der Waals surface area contributed by atoms with Crippen molar-refractivity contribution in [3.05, 3.63) is 64.7 Å². The minimum absolute atomic E-state index is 0.175. The monoisotopic (exact) mass is 333 g/mol. The third-order valence-corrected chi connectivity index (χ3v) is 3.56. The summed E-state index contributed by atoms with van der Waals surface area (Å²) in [5.74, 6) is -0.923. The van der Waals surface area contributed by atoms with Gasteiger partial charge >= 0.3 is 5.97 Å². The Hall–Kier alpha value is -2.53. The number of carbonyl (C=O) groups excluding carboxylic acids is 1. The fourth-order valence-corrected chi connectivity index (χ4v) is 2.17. The number of carboxylic acids is 1. The maximum atomic E-state index is 12.2. The van der Waals surface area contributed by atoms with Gasteiger partial charge in [0.25, 0.3) is 5.91 Å². The third kappa shape index (κ3) is 4.72. The van der Waals surface area contributed by atoms with E-state index in [1.807, 2.05) is 0 Å². The molecular formula is C17H16ClNO4. The van der Waals surface area contributed by atoms with Crippen molar-refractivity contribution in [2.45, 2.75) is 12.5 Å². The van der Waals surface area contributed by atoms with Gasteiger partial charge < -0.3 is 15.2 Å². The lowest BCUT2D eigenvalue weighted by Gasteiger charge is -2.15. The molecule has 5 nitrogen and oxygen atoms in total. The molecule has 23 heavy (non-hydrogen) atoms. The number of nitrogens with one attached hydrogen (secondary N) is 1. The molecule has 1 amide bonds. The number of carboxylic acid groups (broad SMARTS) is 1. The number of ether oxygens (including phenoxy) is 1. The second kappa shape index (κ2) is 7.65. The number of carbonyl (C=O) groups is 2. The van der Waals surface area contributed by atoms with Crippen molar-refractivity contribution in [3.8, 4) is 5.75 Å². The number of hydrogen-bond acceptors (Lipinski definition) is 3. The normalized spacial score (nSPS) is 11.6. The quantitative estimate of drug-likeness (QED) is 0.852. The Bertz CT molecular complexity index is 683. The molecule has 2 N–H and O–H groups in total. The van der Waals surface area contributed by atoms with Gasteiger partial charge in [-0.3, -0.25) is 4.79 Å². The van der Waals surface area contributed by atoms with Crippen LogP contribution in [-0.2, 0) is 11.2 Å². The average molecular weight is 334 g/mol. The van der Waals surface area contributed by atoms with Gasteiger partial charge in [0.1, 0.15) is 11.8 Å². The second-order valence-electron chi connectivity index (χ2n) is 4.92. The van der Waals surface area contributed by atoms with Gasteiger partial charge in [0.2, 0.25) is 0 Å². The molecule has 0 heterocycles.